The summed E-state index contributed by atoms with van der Waals surface area (Å²) < 4.78 is 0. The lowest BCUT2D eigenvalue weighted by Crippen LogP contribution is -2.14. The van der Waals surface area contributed by atoms with Crippen molar-refractivity contribution in [2.24, 2.45) is 11.8 Å². The van der Waals surface area contributed by atoms with Gasteiger partial charge in [0.25, 0.3) is 0 Å². The highest BCUT2D eigenvalue weighted by atomic mass is 16.1. The molecule has 2 atom stereocenters. The van der Waals surface area contributed by atoms with E-state index in [4.69, 9.17) is 0 Å². The average Bonchev–Trinajstić information content (AvgIpc) is 2.55. The summed E-state index contributed by atoms with van der Waals surface area (Å²) in [6.07, 6.45) is 9.99. The second kappa shape index (κ2) is 2.80. The molecule has 1 saturated carbocycles. The lowest BCUT2D eigenvalue weighted by molar-refractivity contribution is -0.121. The molecule has 0 aromatic heterocycles. The van der Waals surface area contributed by atoms with E-state index in [0.29, 0.717) is 17.6 Å². The quantitative estimate of drug-likeness (QED) is 0.524. The second-order valence-electron chi connectivity index (χ2n) is 3.63. The fraction of sp³-hybridized carbons (Fsp3) is 0.700. The lowest BCUT2D eigenvalue weighted by atomic mass is 9.90. The van der Waals surface area contributed by atoms with Gasteiger partial charge in [-0.25, -0.2) is 0 Å². The Bertz CT molecular complexity index is 193. The first-order chi connectivity index (χ1) is 5.38. The molecule has 2 unspecified atom stereocenters. The van der Waals surface area contributed by atoms with Crippen molar-refractivity contribution in [1.82, 2.24) is 0 Å². The van der Waals surface area contributed by atoms with Crippen molar-refractivity contribution in [2.45, 2.75) is 32.1 Å². The van der Waals surface area contributed by atoms with Gasteiger partial charge in [0, 0.05) is 12.3 Å². The van der Waals surface area contributed by atoms with Crippen molar-refractivity contribution in [3.8, 4) is 0 Å². The maximum atomic E-state index is 11.3. The van der Waals surface area contributed by atoms with Crippen LogP contribution in [0.25, 0.3) is 0 Å². The van der Waals surface area contributed by atoms with Crippen molar-refractivity contribution >= 4 is 5.78 Å². The highest BCUT2D eigenvalue weighted by molar-refractivity contribution is 5.83. The van der Waals surface area contributed by atoms with Gasteiger partial charge in [0.2, 0.25) is 0 Å². The molecule has 1 heteroatoms. The molecule has 0 aromatic carbocycles. The Morgan fingerprint density at radius 2 is 2.27 bits per heavy atom. The van der Waals surface area contributed by atoms with Crippen molar-refractivity contribution in [3.63, 3.8) is 0 Å². The molecule has 0 amide bonds. The number of rotatable bonds is 1. The van der Waals surface area contributed by atoms with Gasteiger partial charge in [0.1, 0.15) is 5.78 Å². The molecule has 0 saturated heterocycles. The molecule has 0 aliphatic heterocycles. The summed E-state index contributed by atoms with van der Waals surface area (Å²) in [6.45, 7) is 0. The Balaban J connectivity index is 2.03. The molecule has 0 heterocycles. The van der Waals surface area contributed by atoms with Crippen LogP contribution in [-0.4, -0.2) is 5.78 Å². The topological polar surface area (TPSA) is 17.1 Å². The Kier molecular flexibility index (Phi) is 1.80. The molecular weight excluding hydrogens is 136 g/mol. The molecule has 2 aliphatic rings. The van der Waals surface area contributed by atoms with Gasteiger partial charge in [-0.3, -0.25) is 4.79 Å². The van der Waals surface area contributed by atoms with E-state index in [1.807, 2.05) is 0 Å². The first-order valence-electron chi connectivity index (χ1n) is 4.57. The molecule has 0 radical (unpaired) electrons. The van der Waals surface area contributed by atoms with Crippen molar-refractivity contribution in [3.05, 3.63) is 12.2 Å². The zero-order valence-electron chi connectivity index (χ0n) is 6.75. The van der Waals surface area contributed by atoms with E-state index in [9.17, 15) is 4.79 Å². The van der Waals surface area contributed by atoms with Gasteiger partial charge in [-0.2, -0.15) is 0 Å². The highest BCUT2D eigenvalue weighted by Gasteiger charge is 2.31. The first kappa shape index (κ1) is 7.08. The predicted molar refractivity (Wildman–Crippen MR) is 44.2 cm³/mol. The number of Topliss-reactive ketones (excluding diaryl/α,β-unsaturated/α-hetero) is 1. The molecule has 11 heavy (non-hydrogen) atoms. The summed E-state index contributed by atoms with van der Waals surface area (Å²) in [5.74, 6) is 1.51. The summed E-state index contributed by atoms with van der Waals surface area (Å²) in [7, 11) is 0. The van der Waals surface area contributed by atoms with Crippen LogP contribution in [0.5, 0.6) is 0 Å². The number of ketones is 1. The summed E-state index contributed by atoms with van der Waals surface area (Å²) in [4.78, 5) is 11.3. The zero-order chi connectivity index (χ0) is 7.68. The van der Waals surface area contributed by atoms with Gasteiger partial charge in [-0.05, 0) is 31.6 Å². The number of carbonyl (C=O) groups excluding carboxylic acids is 1. The van der Waals surface area contributed by atoms with Crippen LogP contribution in [0.2, 0.25) is 0 Å². The van der Waals surface area contributed by atoms with E-state index in [0.717, 1.165) is 19.3 Å². The molecule has 1 fully saturated rings. The third kappa shape index (κ3) is 1.24. The molecular formula is C10H14O. The van der Waals surface area contributed by atoms with Crippen molar-refractivity contribution in [2.75, 3.05) is 0 Å². The van der Waals surface area contributed by atoms with Crippen LogP contribution < -0.4 is 0 Å². The SMILES string of the molecule is O=C1CCCC1C1C=CCC1. The summed E-state index contributed by atoms with van der Waals surface area (Å²) >= 11 is 0. The molecule has 0 N–H and O–H groups in total. The minimum Gasteiger partial charge on any atom is -0.299 e. The van der Waals surface area contributed by atoms with E-state index in [1.54, 1.807) is 0 Å². The van der Waals surface area contributed by atoms with Crippen molar-refractivity contribution < 1.29 is 4.79 Å². The Labute approximate surface area is 67.5 Å². The smallest absolute Gasteiger partial charge is 0.136 e. The monoisotopic (exact) mass is 150 g/mol. The van der Waals surface area contributed by atoms with E-state index < -0.39 is 0 Å². The van der Waals surface area contributed by atoms with E-state index in [-0.39, 0.29) is 0 Å². The lowest BCUT2D eigenvalue weighted by Gasteiger charge is -2.13. The van der Waals surface area contributed by atoms with Crippen LogP contribution in [0, 0.1) is 11.8 Å². The molecule has 2 aliphatic carbocycles. The number of allylic oxidation sites excluding steroid dienone is 2. The number of hydrogen-bond acceptors (Lipinski definition) is 1. The minimum absolute atomic E-state index is 0.397. The minimum atomic E-state index is 0.397. The third-order valence-electron chi connectivity index (χ3n) is 2.92. The normalized spacial score (nSPS) is 36.9. The highest BCUT2D eigenvalue weighted by Crippen LogP contribution is 2.34. The van der Waals surface area contributed by atoms with Crippen LogP contribution in [-0.2, 0) is 4.79 Å². The van der Waals surface area contributed by atoms with E-state index >= 15 is 0 Å². The Morgan fingerprint density at radius 1 is 1.36 bits per heavy atom. The summed E-state index contributed by atoms with van der Waals surface area (Å²) in [6, 6.07) is 0. The van der Waals surface area contributed by atoms with Crippen LogP contribution in [0.15, 0.2) is 12.2 Å². The molecule has 1 nitrogen and oxygen atoms in total. The first-order valence-corrected chi connectivity index (χ1v) is 4.57. The number of carbonyl (C=O) groups is 1. The van der Waals surface area contributed by atoms with Crippen LogP contribution >= 0.6 is 0 Å². The summed E-state index contributed by atoms with van der Waals surface area (Å²) in [5, 5.41) is 0. The van der Waals surface area contributed by atoms with Crippen LogP contribution in [0.1, 0.15) is 32.1 Å². The van der Waals surface area contributed by atoms with Crippen molar-refractivity contribution in [1.29, 1.82) is 0 Å². The summed E-state index contributed by atoms with van der Waals surface area (Å²) in [5.41, 5.74) is 0. The van der Waals surface area contributed by atoms with Crippen LogP contribution in [0.4, 0.5) is 0 Å². The van der Waals surface area contributed by atoms with E-state index in [1.165, 1.54) is 12.8 Å². The fourth-order valence-electron chi connectivity index (χ4n) is 2.29. The van der Waals surface area contributed by atoms with E-state index in [2.05, 4.69) is 12.2 Å². The Morgan fingerprint density at radius 3 is 2.82 bits per heavy atom. The maximum absolute atomic E-state index is 11.3. The molecule has 60 valence electrons. The van der Waals surface area contributed by atoms with Crippen LogP contribution in [0.3, 0.4) is 0 Å². The second-order valence-corrected chi connectivity index (χ2v) is 3.63. The maximum Gasteiger partial charge on any atom is 0.136 e. The van der Waals surface area contributed by atoms with Gasteiger partial charge in [-0.15, -0.1) is 0 Å². The van der Waals surface area contributed by atoms with Gasteiger partial charge in [0.05, 0.1) is 0 Å². The fourth-order valence-corrected chi connectivity index (χ4v) is 2.29. The Hall–Kier alpha value is -0.590. The average molecular weight is 150 g/mol. The third-order valence-corrected chi connectivity index (χ3v) is 2.92. The van der Waals surface area contributed by atoms with Gasteiger partial charge >= 0.3 is 0 Å². The molecule has 2 rings (SSSR count). The number of hydrogen-bond donors (Lipinski definition) is 0. The van der Waals surface area contributed by atoms with Gasteiger partial charge in [-0.1, -0.05) is 12.2 Å². The standard InChI is InChI=1S/C10H14O/c11-10-7-3-6-9(10)8-4-1-2-5-8/h1,4,8-9H,2-3,5-7H2. The zero-order valence-corrected chi connectivity index (χ0v) is 6.75. The van der Waals surface area contributed by atoms with Gasteiger partial charge in [0.15, 0.2) is 0 Å². The molecule has 0 spiro atoms. The largest absolute Gasteiger partial charge is 0.299 e. The molecule has 0 aromatic rings. The van der Waals surface area contributed by atoms with Gasteiger partial charge < -0.3 is 0 Å². The molecule has 0 bridgehead atoms. The predicted octanol–water partition coefficient (Wildman–Crippen LogP) is 2.32.